The number of carbonyl (C=O) groups excluding carboxylic acids is 3. The van der Waals surface area contributed by atoms with Crippen molar-refractivity contribution >= 4 is 32.9 Å². The van der Waals surface area contributed by atoms with Gasteiger partial charge in [-0.2, -0.15) is 0 Å². The van der Waals surface area contributed by atoms with Gasteiger partial charge in [0.15, 0.2) is 0 Å². The maximum atomic E-state index is 12.3. The van der Waals surface area contributed by atoms with Gasteiger partial charge >= 0.3 is 26.8 Å². The molecule has 0 aliphatic heterocycles. The summed E-state index contributed by atoms with van der Waals surface area (Å²) in [6.07, 6.45) is 6.35. The molecule has 0 fully saturated rings. The molecule has 0 aromatic heterocycles. The van der Waals surface area contributed by atoms with Crippen LogP contribution in [-0.2, 0) is 27.5 Å². The summed E-state index contributed by atoms with van der Waals surface area (Å²) in [5, 5.41) is 2.76. The average Bonchev–Trinajstić information content (AvgIpc) is 3.04. The van der Waals surface area contributed by atoms with Gasteiger partial charge in [-0.1, -0.05) is 12.1 Å². The molecule has 0 spiro atoms. The van der Waals surface area contributed by atoms with Gasteiger partial charge in [-0.15, -0.1) is 0 Å². The summed E-state index contributed by atoms with van der Waals surface area (Å²) >= 11 is 0. The molecule has 248 valence electrons. The summed E-state index contributed by atoms with van der Waals surface area (Å²) < 4.78 is 38.4. The fourth-order valence-corrected chi connectivity index (χ4v) is 6.81. The second-order valence-electron chi connectivity index (χ2n) is 9.75. The van der Waals surface area contributed by atoms with E-state index in [2.05, 4.69) is 5.32 Å². The Hall–Kier alpha value is -3.71. The third kappa shape index (κ3) is 15.2. The van der Waals surface area contributed by atoms with Gasteiger partial charge in [-0.05, 0) is 101 Å². The molecule has 0 aliphatic rings. The number of benzene rings is 2. The van der Waals surface area contributed by atoms with Gasteiger partial charge in [0.1, 0.15) is 11.5 Å². The zero-order valence-electron chi connectivity index (χ0n) is 26.8. The van der Waals surface area contributed by atoms with Crippen molar-refractivity contribution in [2.24, 2.45) is 0 Å². The molecule has 0 aliphatic carbocycles. The molecular weight excluding hydrogens is 598 g/mol. The number of esters is 2. The highest BCUT2D eigenvalue weighted by Gasteiger charge is 2.39. The van der Waals surface area contributed by atoms with Gasteiger partial charge in [-0.25, -0.2) is 14.4 Å². The van der Waals surface area contributed by atoms with Crippen LogP contribution >= 0.6 is 0 Å². The highest BCUT2D eigenvalue weighted by molar-refractivity contribution is 6.60. The fourth-order valence-electron chi connectivity index (χ4n) is 4.20. The van der Waals surface area contributed by atoms with E-state index in [4.69, 9.17) is 32.2 Å². The van der Waals surface area contributed by atoms with Crippen LogP contribution in [0.5, 0.6) is 11.5 Å². The monoisotopic (exact) mass is 645 g/mol. The lowest BCUT2D eigenvalue weighted by Gasteiger charge is -2.28. The van der Waals surface area contributed by atoms with Crippen molar-refractivity contribution in [3.05, 3.63) is 65.7 Å². The SMILES string of the molecule is CCO[Si](CCCNC(=O)OCCCCCCOC(=O)/C=C/c1ccc(OC(=O)c2ccc(OC)cc2)cc1)(OCC)OCC. The Bertz CT molecular complexity index is 1150. The maximum Gasteiger partial charge on any atom is 0.500 e. The summed E-state index contributed by atoms with van der Waals surface area (Å²) in [4.78, 5) is 36.3. The van der Waals surface area contributed by atoms with Crippen LogP contribution in [0.3, 0.4) is 0 Å². The van der Waals surface area contributed by atoms with Crippen molar-refractivity contribution in [1.29, 1.82) is 0 Å². The first kappa shape index (κ1) is 37.5. The molecule has 2 rings (SSSR count). The van der Waals surface area contributed by atoms with Crippen molar-refractivity contribution in [3.8, 4) is 11.5 Å². The third-order valence-corrected chi connectivity index (χ3v) is 9.52. The van der Waals surface area contributed by atoms with E-state index in [1.54, 1.807) is 61.7 Å². The smallest absolute Gasteiger partial charge is 0.497 e. The predicted octanol–water partition coefficient (Wildman–Crippen LogP) is 6.20. The van der Waals surface area contributed by atoms with Crippen molar-refractivity contribution in [3.63, 3.8) is 0 Å². The molecule has 1 amide bonds. The molecule has 45 heavy (non-hydrogen) atoms. The standard InChI is InChI=1S/C33H47NO10Si/c1-5-41-45(42-6-2,43-7-3)26-12-23-34-33(37)40-25-11-9-8-10-24-39-31(35)22-15-27-13-18-30(19-14-27)44-32(36)28-16-20-29(38-4)21-17-28/h13-22H,5-12,23-26H2,1-4H3,(H,34,37)/b22-15+. The van der Waals surface area contributed by atoms with Crippen LogP contribution in [0.2, 0.25) is 6.04 Å². The van der Waals surface area contributed by atoms with Crippen molar-refractivity contribution in [2.45, 2.75) is 58.9 Å². The van der Waals surface area contributed by atoms with Crippen LogP contribution in [0.15, 0.2) is 54.6 Å². The first-order valence-corrected chi connectivity index (χ1v) is 17.4. The lowest BCUT2D eigenvalue weighted by Crippen LogP contribution is -2.46. The van der Waals surface area contributed by atoms with Crippen LogP contribution in [0.1, 0.15) is 68.8 Å². The number of alkyl carbamates (subject to hydrolysis) is 1. The minimum atomic E-state index is -2.70. The Morgan fingerprint density at radius 2 is 1.31 bits per heavy atom. The van der Waals surface area contributed by atoms with Crippen LogP contribution in [0.4, 0.5) is 4.79 Å². The number of hydrogen-bond acceptors (Lipinski definition) is 10. The summed E-state index contributed by atoms with van der Waals surface area (Å²) in [5.74, 6) is 0.133. The van der Waals surface area contributed by atoms with E-state index < -0.39 is 26.8 Å². The third-order valence-electron chi connectivity index (χ3n) is 6.37. The van der Waals surface area contributed by atoms with E-state index in [1.807, 2.05) is 20.8 Å². The zero-order valence-corrected chi connectivity index (χ0v) is 27.8. The number of amides is 1. The molecule has 0 radical (unpaired) electrons. The molecule has 0 atom stereocenters. The van der Waals surface area contributed by atoms with Gasteiger partial charge in [-0.3, -0.25) is 0 Å². The average molecular weight is 646 g/mol. The molecule has 2 aromatic carbocycles. The second kappa shape index (κ2) is 21.9. The van der Waals surface area contributed by atoms with Gasteiger partial charge in [0.25, 0.3) is 0 Å². The van der Waals surface area contributed by atoms with Gasteiger partial charge in [0, 0.05) is 38.5 Å². The van der Waals surface area contributed by atoms with Crippen LogP contribution in [0, 0.1) is 0 Å². The lowest BCUT2D eigenvalue weighted by molar-refractivity contribution is -0.137. The summed E-state index contributed by atoms with van der Waals surface area (Å²) in [7, 11) is -1.15. The maximum absolute atomic E-state index is 12.3. The molecule has 0 saturated heterocycles. The van der Waals surface area contributed by atoms with Crippen LogP contribution in [-0.4, -0.2) is 73.5 Å². The van der Waals surface area contributed by atoms with E-state index in [-0.39, 0.29) is 0 Å². The molecule has 1 N–H and O–H groups in total. The minimum absolute atomic E-state index is 0.306. The molecule has 0 saturated carbocycles. The number of nitrogens with one attached hydrogen (secondary N) is 1. The van der Waals surface area contributed by atoms with Gasteiger partial charge < -0.3 is 37.5 Å². The van der Waals surface area contributed by atoms with E-state index in [1.165, 1.54) is 6.08 Å². The quantitative estimate of drug-likeness (QED) is 0.0520. The molecular formula is C33H47NO10Si. The Labute approximate surface area is 267 Å². The molecule has 12 heteroatoms. The van der Waals surface area contributed by atoms with E-state index >= 15 is 0 Å². The number of hydrogen-bond donors (Lipinski definition) is 1. The topological polar surface area (TPSA) is 128 Å². The highest BCUT2D eigenvalue weighted by atomic mass is 28.4. The Balaban J connectivity index is 1.53. The first-order valence-electron chi connectivity index (χ1n) is 15.5. The van der Waals surface area contributed by atoms with Gasteiger partial charge in [0.2, 0.25) is 0 Å². The Morgan fingerprint density at radius 1 is 0.733 bits per heavy atom. The number of unbranched alkanes of at least 4 members (excludes halogenated alkanes) is 3. The number of methoxy groups -OCH3 is 1. The molecule has 0 unspecified atom stereocenters. The molecule has 0 bridgehead atoms. The first-order chi connectivity index (χ1) is 21.8. The zero-order chi connectivity index (χ0) is 32.8. The van der Waals surface area contributed by atoms with Crippen LogP contribution in [0.25, 0.3) is 6.08 Å². The molecule has 2 aromatic rings. The Kier molecular flexibility index (Phi) is 18.2. The normalized spacial score (nSPS) is 11.3. The number of ether oxygens (including phenoxy) is 4. The highest BCUT2D eigenvalue weighted by Crippen LogP contribution is 2.19. The van der Waals surface area contributed by atoms with E-state index in [0.717, 1.165) is 24.8 Å². The summed E-state index contributed by atoms with van der Waals surface area (Å²) in [6, 6.07) is 14.1. The number of rotatable bonds is 22. The minimum Gasteiger partial charge on any atom is -0.497 e. The predicted molar refractivity (Wildman–Crippen MR) is 172 cm³/mol. The molecule has 11 nitrogen and oxygen atoms in total. The van der Waals surface area contributed by atoms with Crippen molar-refractivity contribution < 1.29 is 46.6 Å². The summed E-state index contributed by atoms with van der Waals surface area (Å²) in [6.45, 7) is 8.38. The van der Waals surface area contributed by atoms with Gasteiger partial charge in [0.05, 0.1) is 25.9 Å². The van der Waals surface area contributed by atoms with E-state index in [9.17, 15) is 14.4 Å². The second-order valence-corrected chi connectivity index (χ2v) is 12.5. The lowest BCUT2D eigenvalue weighted by atomic mass is 10.2. The van der Waals surface area contributed by atoms with Crippen LogP contribution < -0.4 is 14.8 Å². The Morgan fingerprint density at radius 3 is 1.89 bits per heavy atom. The fraction of sp³-hybridized carbons (Fsp3) is 0.485. The number of carbonyl (C=O) groups is 3. The molecule has 0 heterocycles. The van der Waals surface area contributed by atoms with Crippen molar-refractivity contribution in [1.82, 2.24) is 5.32 Å². The van der Waals surface area contributed by atoms with E-state index in [0.29, 0.717) is 75.5 Å². The summed E-state index contributed by atoms with van der Waals surface area (Å²) in [5.41, 5.74) is 1.17. The van der Waals surface area contributed by atoms with Crippen molar-refractivity contribution in [2.75, 3.05) is 46.7 Å². The largest absolute Gasteiger partial charge is 0.500 e.